The van der Waals surface area contributed by atoms with Gasteiger partial charge < -0.3 is 10.0 Å². The van der Waals surface area contributed by atoms with E-state index in [4.69, 9.17) is 5.11 Å². The Balaban J connectivity index is 2.90. The maximum absolute atomic E-state index is 10.7. The Bertz CT molecular complexity index is 480. The lowest BCUT2D eigenvalue weighted by Crippen LogP contribution is -2.29. The molecule has 0 spiro atoms. The zero-order valence-corrected chi connectivity index (χ0v) is 11.4. The van der Waals surface area contributed by atoms with Crippen molar-refractivity contribution in [2.75, 3.05) is 18.5 Å². The van der Waals surface area contributed by atoms with Gasteiger partial charge in [-0.15, -0.1) is 0 Å². The first-order valence-corrected chi connectivity index (χ1v) is 5.86. The minimum Gasteiger partial charge on any atom is -0.481 e. The molecule has 1 unspecified atom stereocenters. The number of halogens is 1. The summed E-state index contributed by atoms with van der Waals surface area (Å²) >= 11 is 3.19. The van der Waals surface area contributed by atoms with Crippen molar-refractivity contribution in [1.82, 2.24) is 4.98 Å². The maximum Gasteiger partial charge on any atom is 0.308 e. The lowest BCUT2D eigenvalue weighted by atomic mass is 10.2. The van der Waals surface area contributed by atoms with Crippen molar-refractivity contribution >= 4 is 33.4 Å². The van der Waals surface area contributed by atoms with E-state index >= 15 is 0 Å². The van der Waals surface area contributed by atoms with Gasteiger partial charge in [0.2, 0.25) is 0 Å². The molecule has 1 rings (SSSR count). The van der Waals surface area contributed by atoms with Crippen LogP contribution in [0.4, 0.5) is 11.5 Å². The molecule has 0 amide bonds. The first-order chi connectivity index (χ1) is 8.32. The fourth-order valence-corrected chi connectivity index (χ4v) is 2.02. The molecular weight excluding hydrogens is 306 g/mol. The highest BCUT2D eigenvalue weighted by atomic mass is 79.9. The molecule has 0 aliphatic rings. The molecule has 0 fully saturated rings. The molecule has 1 atom stereocenters. The molecule has 1 heterocycles. The molecule has 0 aliphatic carbocycles. The van der Waals surface area contributed by atoms with Crippen molar-refractivity contribution in [3.05, 3.63) is 26.9 Å². The van der Waals surface area contributed by atoms with Crippen molar-refractivity contribution < 1.29 is 14.8 Å². The van der Waals surface area contributed by atoms with Gasteiger partial charge in [-0.2, -0.15) is 0 Å². The number of anilines is 1. The predicted octanol–water partition coefficient (Wildman–Crippen LogP) is 1.91. The molecule has 1 N–H and O–H groups in total. The molecule has 1 aromatic rings. The van der Waals surface area contributed by atoms with Crippen molar-refractivity contribution in [3.63, 3.8) is 0 Å². The average molecular weight is 318 g/mol. The van der Waals surface area contributed by atoms with Crippen LogP contribution in [0.5, 0.6) is 0 Å². The Morgan fingerprint density at radius 1 is 1.72 bits per heavy atom. The van der Waals surface area contributed by atoms with Crippen molar-refractivity contribution in [2.24, 2.45) is 5.92 Å². The van der Waals surface area contributed by atoms with Crippen molar-refractivity contribution in [3.8, 4) is 0 Å². The Labute approximate surface area is 112 Å². The maximum atomic E-state index is 10.7. The molecule has 18 heavy (non-hydrogen) atoms. The second kappa shape index (κ2) is 5.76. The SMILES string of the molecule is CC(CN(C)c1ncc([N+](=O)[O-])cc1Br)C(=O)O. The fourth-order valence-electron chi connectivity index (χ4n) is 1.38. The minimum absolute atomic E-state index is 0.120. The van der Waals surface area contributed by atoms with E-state index in [1.165, 1.54) is 6.07 Å². The van der Waals surface area contributed by atoms with E-state index < -0.39 is 16.8 Å². The number of carboxylic acids is 1. The first kappa shape index (κ1) is 14.4. The van der Waals surface area contributed by atoms with Gasteiger partial charge >= 0.3 is 5.97 Å². The molecule has 0 radical (unpaired) electrons. The van der Waals surface area contributed by atoms with E-state index in [0.29, 0.717) is 10.3 Å². The van der Waals surface area contributed by atoms with Crippen LogP contribution in [-0.2, 0) is 4.79 Å². The van der Waals surface area contributed by atoms with Gasteiger partial charge in [-0.05, 0) is 15.9 Å². The summed E-state index contributed by atoms with van der Waals surface area (Å²) in [5.41, 5.74) is -0.120. The third-order valence-electron chi connectivity index (χ3n) is 2.35. The number of hydrogen-bond donors (Lipinski definition) is 1. The van der Waals surface area contributed by atoms with E-state index in [0.717, 1.165) is 6.20 Å². The van der Waals surface area contributed by atoms with Crippen LogP contribution in [-0.4, -0.2) is 34.6 Å². The summed E-state index contributed by atoms with van der Waals surface area (Å²) in [5.74, 6) is -0.993. The number of rotatable bonds is 5. The standard InChI is InChI=1S/C10H12BrN3O4/c1-6(10(15)16)5-13(2)9-8(11)3-7(4-12-9)14(17)18/h3-4,6H,5H2,1-2H3,(H,15,16). The van der Waals surface area contributed by atoms with Gasteiger partial charge in [-0.3, -0.25) is 14.9 Å². The molecule has 1 aromatic heterocycles. The fraction of sp³-hybridized carbons (Fsp3) is 0.400. The van der Waals surface area contributed by atoms with Crippen LogP contribution in [0.2, 0.25) is 0 Å². The lowest BCUT2D eigenvalue weighted by Gasteiger charge is -2.21. The Hall–Kier alpha value is -1.70. The monoisotopic (exact) mass is 317 g/mol. The minimum atomic E-state index is -0.903. The van der Waals surface area contributed by atoms with Crippen LogP contribution in [0.25, 0.3) is 0 Å². The van der Waals surface area contributed by atoms with Gasteiger partial charge in [0, 0.05) is 19.7 Å². The third kappa shape index (κ3) is 3.39. The number of carbonyl (C=O) groups is 1. The smallest absolute Gasteiger partial charge is 0.308 e. The molecule has 0 saturated carbocycles. The predicted molar refractivity (Wildman–Crippen MR) is 68.7 cm³/mol. The van der Waals surface area contributed by atoms with Gasteiger partial charge in [-0.1, -0.05) is 6.92 Å². The number of nitro groups is 1. The number of carboxylic acid groups (broad SMARTS) is 1. The second-order valence-corrected chi connectivity index (χ2v) is 4.73. The quantitative estimate of drug-likeness (QED) is 0.658. The summed E-state index contributed by atoms with van der Waals surface area (Å²) in [6, 6.07) is 1.34. The number of aromatic nitrogens is 1. The molecular formula is C10H12BrN3O4. The second-order valence-electron chi connectivity index (χ2n) is 3.88. The summed E-state index contributed by atoms with van der Waals surface area (Å²) in [6.45, 7) is 1.84. The molecule has 0 aliphatic heterocycles. The average Bonchev–Trinajstić information content (AvgIpc) is 2.28. The molecule has 0 saturated heterocycles. The Kier molecular flexibility index (Phi) is 4.60. The van der Waals surface area contributed by atoms with Crippen molar-refractivity contribution in [1.29, 1.82) is 0 Å². The van der Waals surface area contributed by atoms with Gasteiger partial charge in [0.1, 0.15) is 12.0 Å². The summed E-state index contributed by atoms with van der Waals surface area (Å²) < 4.78 is 0.455. The van der Waals surface area contributed by atoms with Gasteiger partial charge in [-0.25, -0.2) is 4.98 Å². The van der Waals surface area contributed by atoms with E-state index in [9.17, 15) is 14.9 Å². The normalized spacial score (nSPS) is 11.9. The van der Waals surface area contributed by atoms with E-state index in [-0.39, 0.29) is 12.2 Å². The molecule has 0 bridgehead atoms. The van der Waals surface area contributed by atoms with Gasteiger partial charge in [0.05, 0.1) is 15.3 Å². The summed E-state index contributed by atoms with van der Waals surface area (Å²) in [5, 5.41) is 19.4. The van der Waals surface area contributed by atoms with Crippen LogP contribution >= 0.6 is 15.9 Å². The van der Waals surface area contributed by atoms with Crippen molar-refractivity contribution in [2.45, 2.75) is 6.92 Å². The highest BCUT2D eigenvalue weighted by Gasteiger charge is 2.18. The van der Waals surface area contributed by atoms with Crippen LogP contribution in [0.1, 0.15) is 6.92 Å². The number of nitrogens with zero attached hydrogens (tertiary/aromatic N) is 3. The Morgan fingerprint density at radius 2 is 2.33 bits per heavy atom. The molecule has 0 aromatic carbocycles. The first-order valence-electron chi connectivity index (χ1n) is 5.06. The van der Waals surface area contributed by atoms with Gasteiger partial charge in [0.15, 0.2) is 0 Å². The summed E-state index contributed by atoms with van der Waals surface area (Å²) in [4.78, 5) is 26.3. The largest absolute Gasteiger partial charge is 0.481 e. The number of pyridine rings is 1. The number of aliphatic carboxylic acids is 1. The van der Waals surface area contributed by atoms with E-state index in [1.807, 2.05) is 0 Å². The zero-order valence-electron chi connectivity index (χ0n) is 9.83. The summed E-state index contributed by atoms with van der Waals surface area (Å²) in [6.07, 6.45) is 1.14. The van der Waals surface area contributed by atoms with E-state index in [2.05, 4.69) is 20.9 Å². The lowest BCUT2D eigenvalue weighted by molar-refractivity contribution is -0.385. The molecule has 7 nitrogen and oxygen atoms in total. The van der Waals surface area contributed by atoms with Crippen LogP contribution in [0.3, 0.4) is 0 Å². The highest BCUT2D eigenvalue weighted by molar-refractivity contribution is 9.10. The van der Waals surface area contributed by atoms with Gasteiger partial charge in [0.25, 0.3) is 5.69 Å². The van der Waals surface area contributed by atoms with E-state index in [1.54, 1.807) is 18.9 Å². The van der Waals surface area contributed by atoms with Crippen LogP contribution in [0.15, 0.2) is 16.7 Å². The zero-order chi connectivity index (χ0) is 13.9. The van der Waals surface area contributed by atoms with Crippen LogP contribution in [0, 0.1) is 16.0 Å². The highest BCUT2D eigenvalue weighted by Crippen LogP contribution is 2.27. The molecule has 98 valence electrons. The summed E-state index contributed by atoms with van der Waals surface area (Å²) in [7, 11) is 1.68. The number of hydrogen-bond acceptors (Lipinski definition) is 5. The molecule has 8 heteroatoms. The topological polar surface area (TPSA) is 96.6 Å². The Morgan fingerprint density at radius 3 is 2.78 bits per heavy atom. The van der Waals surface area contributed by atoms with Crippen LogP contribution < -0.4 is 4.90 Å². The third-order valence-corrected chi connectivity index (χ3v) is 2.93.